The molecule has 1 aromatic heterocycles. The summed E-state index contributed by atoms with van der Waals surface area (Å²) in [6, 6.07) is 15.9. The molecular formula is C23H26N4O4. The van der Waals surface area contributed by atoms with E-state index in [1.54, 1.807) is 36.4 Å². The lowest BCUT2D eigenvalue weighted by molar-refractivity contribution is 0.262. The number of anilines is 2. The van der Waals surface area contributed by atoms with Gasteiger partial charge in [-0.2, -0.15) is 0 Å². The minimum atomic E-state index is -0.361. The van der Waals surface area contributed by atoms with Crippen LogP contribution in [-0.4, -0.2) is 36.0 Å². The molecular weight excluding hydrogens is 396 g/mol. The highest BCUT2D eigenvalue weighted by molar-refractivity contribution is 6.00. The highest BCUT2D eigenvalue weighted by Gasteiger charge is 2.09. The smallest absolute Gasteiger partial charge is 0.323 e. The monoisotopic (exact) mass is 422 g/mol. The second kappa shape index (κ2) is 10.8. The topological polar surface area (TPSA) is 94.6 Å². The summed E-state index contributed by atoms with van der Waals surface area (Å²) in [4.78, 5) is 12.4. The van der Waals surface area contributed by atoms with Crippen molar-refractivity contribution in [2.24, 2.45) is 0 Å². The Kier molecular flexibility index (Phi) is 7.64. The SMILES string of the molecule is CCOc1ccc(-c2ccc(NC(=O)Nc3ccc(OCC)c(OCC)c3)cc2)nn1. The number of nitrogens with one attached hydrogen (secondary N) is 2. The van der Waals surface area contributed by atoms with Gasteiger partial charge in [0, 0.05) is 29.1 Å². The molecule has 31 heavy (non-hydrogen) atoms. The van der Waals surface area contributed by atoms with Crippen LogP contribution in [-0.2, 0) is 0 Å². The minimum absolute atomic E-state index is 0.361. The van der Waals surface area contributed by atoms with Crippen molar-refractivity contribution < 1.29 is 19.0 Å². The van der Waals surface area contributed by atoms with Gasteiger partial charge in [0.05, 0.1) is 25.5 Å². The average molecular weight is 422 g/mol. The van der Waals surface area contributed by atoms with Crippen molar-refractivity contribution in [3.05, 3.63) is 54.6 Å². The van der Waals surface area contributed by atoms with E-state index in [0.29, 0.717) is 48.6 Å². The van der Waals surface area contributed by atoms with E-state index in [0.717, 1.165) is 11.3 Å². The number of amides is 2. The van der Waals surface area contributed by atoms with E-state index >= 15 is 0 Å². The largest absolute Gasteiger partial charge is 0.490 e. The molecule has 3 rings (SSSR count). The van der Waals surface area contributed by atoms with E-state index in [1.807, 2.05) is 39.0 Å². The van der Waals surface area contributed by atoms with Gasteiger partial charge in [0.25, 0.3) is 0 Å². The fourth-order valence-electron chi connectivity index (χ4n) is 2.85. The lowest BCUT2D eigenvalue weighted by Crippen LogP contribution is -2.19. The van der Waals surface area contributed by atoms with Gasteiger partial charge < -0.3 is 24.8 Å². The van der Waals surface area contributed by atoms with Crippen LogP contribution in [0, 0.1) is 0 Å². The zero-order chi connectivity index (χ0) is 22.1. The summed E-state index contributed by atoms with van der Waals surface area (Å²) in [6.45, 7) is 7.27. The van der Waals surface area contributed by atoms with Crippen LogP contribution in [0.15, 0.2) is 54.6 Å². The van der Waals surface area contributed by atoms with E-state index in [9.17, 15) is 4.79 Å². The molecule has 0 atom stereocenters. The lowest BCUT2D eigenvalue weighted by Gasteiger charge is -2.13. The number of rotatable bonds is 9. The second-order valence-corrected chi connectivity index (χ2v) is 6.37. The highest BCUT2D eigenvalue weighted by Crippen LogP contribution is 2.30. The number of nitrogens with zero attached hydrogens (tertiary/aromatic N) is 2. The first kappa shape index (κ1) is 21.9. The Balaban J connectivity index is 1.62. The Morgan fingerprint density at radius 2 is 1.39 bits per heavy atom. The molecule has 2 aromatic carbocycles. The first-order valence-electron chi connectivity index (χ1n) is 10.2. The number of hydrogen-bond donors (Lipinski definition) is 2. The van der Waals surface area contributed by atoms with Gasteiger partial charge in [-0.05, 0) is 51.1 Å². The third-order valence-corrected chi connectivity index (χ3v) is 4.17. The van der Waals surface area contributed by atoms with Crippen molar-refractivity contribution in [1.29, 1.82) is 0 Å². The Hall–Kier alpha value is -3.81. The van der Waals surface area contributed by atoms with Crippen molar-refractivity contribution >= 4 is 17.4 Å². The molecule has 162 valence electrons. The van der Waals surface area contributed by atoms with Gasteiger partial charge in [0.2, 0.25) is 5.88 Å². The highest BCUT2D eigenvalue weighted by atomic mass is 16.5. The number of aromatic nitrogens is 2. The Morgan fingerprint density at radius 1 is 0.742 bits per heavy atom. The number of urea groups is 1. The van der Waals surface area contributed by atoms with Crippen LogP contribution < -0.4 is 24.8 Å². The zero-order valence-electron chi connectivity index (χ0n) is 17.8. The fraction of sp³-hybridized carbons (Fsp3) is 0.261. The van der Waals surface area contributed by atoms with Crippen LogP contribution in [0.4, 0.5) is 16.2 Å². The normalized spacial score (nSPS) is 10.3. The summed E-state index contributed by atoms with van der Waals surface area (Å²) < 4.78 is 16.4. The average Bonchev–Trinajstić information content (AvgIpc) is 2.77. The summed E-state index contributed by atoms with van der Waals surface area (Å²) in [5.74, 6) is 1.72. The lowest BCUT2D eigenvalue weighted by atomic mass is 10.1. The van der Waals surface area contributed by atoms with Crippen LogP contribution in [0.25, 0.3) is 11.3 Å². The molecule has 8 nitrogen and oxygen atoms in total. The maximum absolute atomic E-state index is 12.4. The van der Waals surface area contributed by atoms with E-state index in [4.69, 9.17) is 14.2 Å². The molecule has 0 radical (unpaired) electrons. The van der Waals surface area contributed by atoms with Gasteiger partial charge in [0.15, 0.2) is 11.5 Å². The molecule has 0 aliphatic carbocycles. The quantitative estimate of drug-likeness (QED) is 0.505. The Bertz CT molecular complexity index is 991. The maximum Gasteiger partial charge on any atom is 0.323 e. The van der Waals surface area contributed by atoms with Crippen LogP contribution in [0.3, 0.4) is 0 Å². The van der Waals surface area contributed by atoms with Gasteiger partial charge in [-0.3, -0.25) is 0 Å². The second-order valence-electron chi connectivity index (χ2n) is 6.37. The molecule has 0 saturated heterocycles. The third kappa shape index (κ3) is 6.08. The number of benzene rings is 2. The molecule has 0 unspecified atom stereocenters. The van der Waals surface area contributed by atoms with E-state index in [-0.39, 0.29) is 6.03 Å². The Morgan fingerprint density at radius 3 is 2.03 bits per heavy atom. The third-order valence-electron chi connectivity index (χ3n) is 4.17. The number of carbonyl (C=O) groups is 1. The summed E-state index contributed by atoms with van der Waals surface area (Å²) in [5.41, 5.74) is 2.86. The first-order chi connectivity index (χ1) is 15.1. The van der Waals surface area contributed by atoms with Crippen LogP contribution >= 0.6 is 0 Å². The van der Waals surface area contributed by atoms with Crippen molar-refractivity contribution in [3.63, 3.8) is 0 Å². The molecule has 0 aliphatic heterocycles. The van der Waals surface area contributed by atoms with Crippen LogP contribution in [0.5, 0.6) is 17.4 Å². The first-order valence-corrected chi connectivity index (χ1v) is 10.2. The maximum atomic E-state index is 12.4. The molecule has 2 N–H and O–H groups in total. The molecule has 0 spiro atoms. The number of hydrogen-bond acceptors (Lipinski definition) is 6. The number of carbonyl (C=O) groups excluding carboxylic acids is 1. The molecule has 1 heterocycles. The molecule has 0 aliphatic rings. The minimum Gasteiger partial charge on any atom is -0.490 e. The predicted molar refractivity (Wildman–Crippen MR) is 120 cm³/mol. The van der Waals surface area contributed by atoms with Gasteiger partial charge in [-0.1, -0.05) is 12.1 Å². The van der Waals surface area contributed by atoms with Crippen LogP contribution in [0.1, 0.15) is 20.8 Å². The van der Waals surface area contributed by atoms with E-state index in [2.05, 4.69) is 20.8 Å². The summed E-state index contributed by atoms with van der Waals surface area (Å²) in [5, 5.41) is 13.8. The van der Waals surface area contributed by atoms with Gasteiger partial charge in [-0.25, -0.2) is 4.79 Å². The van der Waals surface area contributed by atoms with Crippen molar-refractivity contribution in [2.45, 2.75) is 20.8 Å². The van der Waals surface area contributed by atoms with Crippen molar-refractivity contribution in [3.8, 4) is 28.6 Å². The van der Waals surface area contributed by atoms with E-state index in [1.165, 1.54) is 0 Å². The van der Waals surface area contributed by atoms with Gasteiger partial charge >= 0.3 is 6.03 Å². The molecule has 0 fully saturated rings. The Labute approximate surface area is 181 Å². The predicted octanol–water partition coefficient (Wildman–Crippen LogP) is 4.98. The van der Waals surface area contributed by atoms with Crippen LogP contribution in [0.2, 0.25) is 0 Å². The van der Waals surface area contributed by atoms with E-state index < -0.39 is 0 Å². The molecule has 8 heteroatoms. The molecule has 0 bridgehead atoms. The number of ether oxygens (including phenoxy) is 3. The summed E-state index contributed by atoms with van der Waals surface area (Å²) in [7, 11) is 0. The summed E-state index contributed by atoms with van der Waals surface area (Å²) in [6.07, 6.45) is 0. The van der Waals surface area contributed by atoms with Crippen molar-refractivity contribution in [1.82, 2.24) is 10.2 Å². The molecule has 0 saturated carbocycles. The molecule has 3 aromatic rings. The molecule has 2 amide bonds. The van der Waals surface area contributed by atoms with Gasteiger partial charge in [0.1, 0.15) is 0 Å². The zero-order valence-corrected chi connectivity index (χ0v) is 17.8. The van der Waals surface area contributed by atoms with Gasteiger partial charge in [-0.15, -0.1) is 10.2 Å². The summed E-state index contributed by atoms with van der Waals surface area (Å²) >= 11 is 0. The standard InChI is InChI=1S/C23H26N4O4/c1-4-29-20-13-11-18(15-21(20)30-5-2)25-23(28)24-17-9-7-16(8-10-17)19-12-14-22(27-26-19)31-6-3/h7-15H,4-6H2,1-3H3,(H2,24,25,28). The fourth-order valence-corrected chi connectivity index (χ4v) is 2.85. The van der Waals surface area contributed by atoms with Crippen molar-refractivity contribution in [2.75, 3.05) is 30.5 Å².